The van der Waals surface area contributed by atoms with Crippen molar-refractivity contribution >= 4 is 40.6 Å². The lowest BCUT2D eigenvalue weighted by Crippen LogP contribution is -2.44. The van der Waals surface area contributed by atoms with Gasteiger partial charge in [0.05, 0.1) is 33.3 Å². The van der Waals surface area contributed by atoms with Gasteiger partial charge in [0.2, 0.25) is 11.8 Å². The van der Waals surface area contributed by atoms with Crippen LogP contribution in [0.5, 0.6) is 0 Å². The quantitative estimate of drug-likeness (QED) is 0.472. The number of likely N-dealkylation sites (N-methyl/N-ethyl adjacent to an activating group) is 1. The summed E-state index contributed by atoms with van der Waals surface area (Å²) in [6, 6.07) is 10.4. The fourth-order valence-corrected chi connectivity index (χ4v) is 4.24. The second kappa shape index (κ2) is 10.2. The summed E-state index contributed by atoms with van der Waals surface area (Å²) in [5, 5.41) is 11.1. The van der Waals surface area contributed by atoms with Crippen molar-refractivity contribution in [3.05, 3.63) is 53.1 Å². The minimum absolute atomic E-state index is 0.118. The number of carbonyl (C=O) groups excluding carboxylic acids is 1. The first-order valence-electron chi connectivity index (χ1n) is 10.4. The summed E-state index contributed by atoms with van der Waals surface area (Å²) in [5.41, 5.74) is 0.411. The maximum atomic E-state index is 13.3. The minimum Gasteiger partial charge on any atom is -0.411 e. The maximum absolute atomic E-state index is 13.3. The highest BCUT2D eigenvalue weighted by atomic mass is 35.5. The zero-order chi connectivity index (χ0) is 24.3. The summed E-state index contributed by atoms with van der Waals surface area (Å²) >= 11 is 7.11. The Morgan fingerprint density at radius 2 is 1.88 bits per heavy atom. The molecule has 7 nitrogen and oxygen atoms in total. The van der Waals surface area contributed by atoms with E-state index in [-0.39, 0.29) is 22.6 Å². The van der Waals surface area contributed by atoms with Crippen molar-refractivity contribution in [3.63, 3.8) is 0 Å². The van der Waals surface area contributed by atoms with Crippen LogP contribution in [0.3, 0.4) is 0 Å². The summed E-state index contributed by atoms with van der Waals surface area (Å²) < 4.78 is 45.4. The summed E-state index contributed by atoms with van der Waals surface area (Å²) in [6.45, 7) is 2.84. The van der Waals surface area contributed by atoms with Gasteiger partial charge in [0, 0.05) is 26.2 Å². The Kier molecular flexibility index (Phi) is 7.34. The lowest BCUT2D eigenvalue weighted by atomic mass is 10.1. The van der Waals surface area contributed by atoms with Crippen LogP contribution < -0.4 is 10.2 Å². The van der Waals surface area contributed by atoms with Gasteiger partial charge in [-0.15, -0.1) is 10.2 Å². The van der Waals surface area contributed by atoms with Crippen LogP contribution in [0.2, 0.25) is 5.02 Å². The first-order valence-corrected chi connectivity index (χ1v) is 11.7. The van der Waals surface area contributed by atoms with Crippen molar-refractivity contribution in [2.24, 2.45) is 0 Å². The van der Waals surface area contributed by atoms with Crippen LogP contribution in [0.1, 0.15) is 5.56 Å². The number of piperazine rings is 1. The molecule has 1 aromatic heterocycles. The summed E-state index contributed by atoms with van der Waals surface area (Å²) in [4.78, 5) is 16.7. The van der Waals surface area contributed by atoms with Gasteiger partial charge in [0.15, 0.2) is 0 Å². The van der Waals surface area contributed by atoms with Crippen LogP contribution >= 0.6 is 23.4 Å². The van der Waals surface area contributed by atoms with Crippen LogP contribution in [-0.2, 0) is 11.0 Å². The lowest BCUT2D eigenvalue weighted by Gasteiger charge is -2.35. The van der Waals surface area contributed by atoms with E-state index < -0.39 is 17.6 Å². The summed E-state index contributed by atoms with van der Waals surface area (Å²) in [6.07, 6.45) is -4.52. The van der Waals surface area contributed by atoms with Crippen molar-refractivity contribution in [2.45, 2.75) is 11.4 Å². The molecule has 0 spiro atoms. The van der Waals surface area contributed by atoms with E-state index in [1.54, 1.807) is 24.3 Å². The van der Waals surface area contributed by atoms with Crippen LogP contribution in [-0.4, -0.2) is 60.0 Å². The van der Waals surface area contributed by atoms with Crippen LogP contribution in [0.4, 0.5) is 24.5 Å². The largest absolute Gasteiger partial charge is 0.416 e. The van der Waals surface area contributed by atoms with Crippen molar-refractivity contribution in [1.82, 2.24) is 15.1 Å². The van der Waals surface area contributed by atoms with Crippen molar-refractivity contribution < 1.29 is 22.4 Å². The molecule has 3 aromatic rings. The van der Waals surface area contributed by atoms with Gasteiger partial charge in [-0.2, -0.15) is 13.2 Å². The van der Waals surface area contributed by atoms with Gasteiger partial charge in [-0.25, -0.2) is 0 Å². The number of halogens is 4. The Morgan fingerprint density at radius 1 is 1.15 bits per heavy atom. The predicted molar refractivity (Wildman–Crippen MR) is 125 cm³/mol. The average molecular weight is 512 g/mol. The fourth-order valence-electron chi connectivity index (χ4n) is 3.46. The van der Waals surface area contributed by atoms with Gasteiger partial charge in [-0.3, -0.25) is 4.79 Å². The van der Waals surface area contributed by atoms with Crippen LogP contribution in [0.15, 0.2) is 52.1 Å². The van der Waals surface area contributed by atoms with E-state index in [0.717, 1.165) is 37.0 Å². The summed E-state index contributed by atoms with van der Waals surface area (Å²) in [5.74, 6) is -0.399. The van der Waals surface area contributed by atoms with E-state index in [9.17, 15) is 18.0 Å². The molecule has 180 valence electrons. The van der Waals surface area contributed by atoms with E-state index in [1.165, 1.54) is 6.07 Å². The van der Waals surface area contributed by atoms with Crippen molar-refractivity contribution in [2.75, 3.05) is 49.2 Å². The highest BCUT2D eigenvalue weighted by molar-refractivity contribution is 7.99. The van der Waals surface area contributed by atoms with Gasteiger partial charge in [-0.1, -0.05) is 35.5 Å². The molecule has 0 unspecified atom stereocenters. The number of aromatic nitrogens is 2. The molecule has 0 atom stereocenters. The number of carbonyl (C=O) groups is 1. The van der Waals surface area contributed by atoms with Crippen LogP contribution in [0.25, 0.3) is 11.5 Å². The van der Waals surface area contributed by atoms with E-state index in [2.05, 4.69) is 20.4 Å². The Hall–Kier alpha value is -2.76. The van der Waals surface area contributed by atoms with Gasteiger partial charge in [0.1, 0.15) is 0 Å². The second-order valence-corrected chi connectivity index (χ2v) is 9.04. The van der Waals surface area contributed by atoms with Gasteiger partial charge >= 0.3 is 6.18 Å². The SMILES string of the molecule is CN1CCN(c2ccc(C(F)(F)F)cc2NC(=O)CSc2nnc(-c3ccccc3Cl)o2)CC1. The van der Waals surface area contributed by atoms with E-state index >= 15 is 0 Å². The average Bonchev–Trinajstić information content (AvgIpc) is 3.27. The summed E-state index contributed by atoms with van der Waals surface area (Å²) in [7, 11) is 1.98. The molecule has 1 aliphatic heterocycles. The highest BCUT2D eigenvalue weighted by Crippen LogP contribution is 2.36. The minimum atomic E-state index is -4.52. The molecule has 1 N–H and O–H groups in total. The number of hydrogen-bond donors (Lipinski definition) is 1. The lowest BCUT2D eigenvalue weighted by molar-refractivity contribution is -0.137. The number of hydrogen-bond acceptors (Lipinski definition) is 7. The molecule has 4 rings (SSSR count). The molecule has 0 bridgehead atoms. The molecule has 1 amide bonds. The monoisotopic (exact) mass is 511 g/mol. The van der Waals surface area contributed by atoms with Gasteiger partial charge < -0.3 is 19.5 Å². The smallest absolute Gasteiger partial charge is 0.411 e. The molecule has 0 aliphatic carbocycles. The molecule has 0 radical (unpaired) electrons. The van der Waals surface area contributed by atoms with Crippen molar-refractivity contribution in [1.29, 1.82) is 0 Å². The number of nitrogens with one attached hydrogen (secondary N) is 1. The highest BCUT2D eigenvalue weighted by Gasteiger charge is 2.32. The number of thioether (sulfide) groups is 1. The molecule has 2 heterocycles. The molecular weight excluding hydrogens is 491 g/mol. The topological polar surface area (TPSA) is 74.5 Å². The molecule has 1 aliphatic rings. The Balaban J connectivity index is 1.46. The standard InChI is InChI=1S/C22H21ClF3N5O2S/c1-30-8-10-31(11-9-30)18-7-6-14(22(24,25)26)12-17(18)27-19(32)13-34-21-29-28-20(33-21)15-4-2-3-5-16(15)23/h2-7,12H,8-11,13H2,1H3,(H,27,32). The Labute approximate surface area is 203 Å². The van der Waals surface area contributed by atoms with E-state index in [0.29, 0.717) is 29.4 Å². The maximum Gasteiger partial charge on any atom is 0.416 e. The third-order valence-electron chi connectivity index (χ3n) is 5.28. The zero-order valence-electron chi connectivity index (χ0n) is 18.1. The number of amides is 1. The molecule has 0 saturated carbocycles. The van der Waals surface area contributed by atoms with Crippen LogP contribution in [0, 0.1) is 0 Å². The zero-order valence-corrected chi connectivity index (χ0v) is 19.7. The number of benzene rings is 2. The Morgan fingerprint density at radius 3 is 2.59 bits per heavy atom. The first kappa shape index (κ1) is 24.4. The molecule has 34 heavy (non-hydrogen) atoms. The third-order valence-corrected chi connectivity index (χ3v) is 6.43. The van der Waals surface area contributed by atoms with E-state index in [1.807, 2.05) is 11.9 Å². The molecule has 2 aromatic carbocycles. The number of rotatable bonds is 6. The molecular formula is C22H21ClF3N5O2S. The Bertz CT molecular complexity index is 1170. The number of anilines is 2. The normalized spacial score (nSPS) is 14.9. The first-order chi connectivity index (χ1) is 16.2. The number of nitrogens with zero attached hydrogens (tertiary/aromatic N) is 4. The van der Waals surface area contributed by atoms with Gasteiger partial charge in [0.25, 0.3) is 5.22 Å². The van der Waals surface area contributed by atoms with E-state index in [4.69, 9.17) is 16.0 Å². The third kappa shape index (κ3) is 5.83. The van der Waals surface area contributed by atoms with Gasteiger partial charge in [-0.05, 0) is 37.4 Å². The van der Waals surface area contributed by atoms with Crippen molar-refractivity contribution in [3.8, 4) is 11.5 Å². The second-order valence-electron chi connectivity index (χ2n) is 7.71. The molecule has 12 heteroatoms. The fraction of sp³-hybridized carbons (Fsp3) is 0.318. The molecule has 1 fully saturated rings. The number of alkyl halides is 3. The predicted octanol–water partition coefficient (Wildman–Crippen LogP) is 4.89. The molecule has 1 saturated heterocycles.